The molecule has 0 fully saturated rings. The average Bonchev–Trinajstić information content (AvgIpc) is 2.57. The van der Waals surface area contributed by atoms with E-state index in [4.69, 9.17) is 10.6 Å². The number of rotatable bonds is 1. The fourth-order valence-electron chi connectivity index (χ4n) is 0.882. The summed E-state index contributed by atoms with van der Waals surface area (Å²) in [6.07, 6.45) is 4.41. The number of hydrogen-bond donors (Lipinski definition) is 1. The van der Waals surface area contributed by atoms with Crippen LogP contribution in [0.25, 0.3) is 0 Å². The van der Waals surface area contributed by atoms with Crippen molar-refractivity contribution in [1.82, 2.24) is 9.97 Å². The zero-order valence-electron chi connectivity index (χ0n) is 6.21. The number of aromatic nitrogens is 2. The fraction of sp³-hybridized carbons (Fsp3) is 0.167. The topological polar surface area (TPSA) is 76.6 Å². The molecule has 2 heterocycles. The molecule has 2 N–H and O–H groups in total. The fourth-order valence-corrected chi connectivity index (χ4v) is 0.882. The lowest BCUT2D eigenvalue weighted by molar-refractivity contribution is 0.308. The second-order valence-corrected chi connectivity index (χ2v) is 2.18. The predicted octanol–water partition coefficient (Wildman–Crippen LogP) is -0.204. The molecular weight excluding hydrogens is 158 g/mol. The van der Waals surface area contributed by atoms with Gasteiger partial charge < -0.3 is 10.6 Å². The first-order valence-corrected chi connectivity index (χ1v) is 3.37. The molecule has 2 rings (SSSR count). The third kappa shape index (κ3) is 1.03. The van der Waals surface area contributed by atoms with Crippen LogP contribution in [0.1, 0.15) is 0 Å². The van der Waals surface area contributed by atoms with Crippen molar-refractivity contribution in [2.45, 2.75) is 0 Å². The molecule has 0 saturated heterocycles. The molecule has 1 aliphatic rings. The highest BCUT2D eigenvalue weighted by atomic mass is 16.7. The van der Waals surface area contributed by atoms with Crippen LogP contribution in [0, 0.1) is 0 Å². The van der Waals surface area contributed by atoms with Gasteiger partial charge >= 0.3 is 0 Å². The van der Waals surface area contributed by atoms with E-state index in [1.54, 1.807) is 6.20 Å². The molecule has 0 bridgehead atoms. The molecule has 0 atom stereocenters. The Labute approximate surface area is 68.7 Å². The second-order valence-electron chi connectivity index (χ2n) is 2.18. The number of hydroxylamine groups is 1. The van der Waals surface area contributed by atoms with Gasteiger partial charge in [0.1, 0.15) is 0 Å². The van der Waals surface area contributed by atoms with Crippen molar-refractivity contribution in [2.75, 3.05) is 17.5 Å². The second kappa shape index (κ2) is 2.65. The van der Waals surface area contributed by atoms with E-state index in [9.17, 15) is 0 Å². The SMILES string of the molecule is Nc1nccnc1N1CN=CO1. The maximum absolute atomic E-state index is 5.55. The Morgan fingerprint density at radius 1 is 1.42 bits per heavy atom. The molecule has 12 heavy (non-hydrogen) atoms. The smallest absolute Gasteiger partial charge is 0.208 e. The molecule has 0 radical (unpaired) electrons. The van der Waals surface area contributed by atoms with Gasteiger partial charge in [0, 0.05) is 12.4 Å². The van der Waals surface area contributed by atoms with Gasteiger partial charge in [0.25, 0.3) is 0 Å². The molecule has 1 aromatic rings. The van der Waals surface area contributed by atoms with E-state index in [2.05, 4.69) is 15.0 Å². The van der Waals surface area contributed by atoms with Crippen molar-refractivity contribution in [3.8, 4) is 0 Å². The summed E-state index contributed by atoms with van der Waals surface area (Å²) in [6, 6.07) is 0. The summed E-state index contributed by atoms with van der Waals surface area (Å²) in [5.74, 6) is 0.831. The Kier molecular flexibility index (Phi) is 1.51. The quantitative estimate of drug-likeness (QED) is 0.623. The van der Waals surface area contributed by atoms with Gasteiger partial charge in [-0.05, 0) is 0 Å². The Balaban J connectivity index is 2.27. The molecule has 6 heteroatoms. The molecule has 1 aliphatic heterocycles. The summed E-state index contributed by atoms with van der Waals surface area (Å²) in [7, 11) is 0. The van der Waals surface area contributed by atoms with Crippen molar-refractivity contribution in [3.05, 3.63) is 12.4 Å². The Morgan fingerprint density at radius 3 is 2.92 bits per heavy atom. The minimum atomic E-state index is 0.336. The zero-order valence-corrected chi connectivity index (χ0v) is 6.21. The lowest BCUT2D eigenvalue weighted by Gasteiger charge is -2.13. The molecule has 0 unspecified atom stereocenters. The van der Waals surface area contributed by atoms with Crippen molar-refractivity contribution < 1.29 is 4.84 Å². The van der Waals surface area contributed by atoms with Gasteiger partial charge in [-0.1, -0.05) is 0 Å². The standard InChI is InChI=1S/C6H7N5O/c7-5-6(10-2-1-9-5)11-3-8-4-12-11/h1-2,4H,3H2,(H2,7,9). The average molecular weight is 165 g/mol. The van der Waals surface area contributed by atoms with Gasteiger partial charge in [0.05, 0.1) is 0 Å². The molecule has 0 aromatic carbocycles. The molecule has 0 spiro atoms. The van der Waals surface area contributed by atoms with Crippen LogP contribution in [-0.4, -0.2) is 23.0 Å². The highest BCUT2D eigenvalue weighted by Gasteiger charge is 2.14. The highest BCUT2D eigenvalue weighted by Crippen LogP contribution is 2.17. The Bertz CT molecular complexity index is 305. The van der Waals surface area contributed by atoms with Gasteiger partial charge in [-0.15, -0.1) is 0 Å². The molecule has 62 valence electrons. The van der Waals surface area contributed by atoms with Crippen molar-refractivity contribution in [1.29, 1.82) is 0 Å². The largest absolute Gasteiger partial charge is 0.381 e. The lowest BCUT2D eigenvalue weighted by atomic mass is 10.6. The summed E-state index contributed by atoms with van der Waals surface area (Å²) < 4.78 is 0. The van der Waals surface area contributed by atoms with E-state index in [1.165, 1.54) is 17.7 Å². The summed E-state index contributed by atoms with van der Waals surface area (Å²) in [5.41, 5.74) is 5.55. The molecule has 0 amide bonds. The van der Waals surface area contributed by atoms with Gasteiger partial charge in [-0.25, -0.2) is 15.0 Å². The van der Waals surface area contributed by atoms with Crippen LogP contribution in [-0.2, 0) is 4.84 Å². The van der Waals surface area contributed by atoms with E-state index in [-0.39, 0.29) is 0 Å². The third-order valence-electron chi connectivity index (χ3n) is 1.40. The maximum Gasteiger partial charge on any atom is 0.208 e. The van der Waals surface area contributed by atoms with Crippen molar-refractivity contribution in [2.24, 2.45) is 4.99 Å². The van der Waals surface area contributed by atoms with Gasteiger partial charge in [0.15, 0.2) is 12.5 Å². The Morgan fingerprint density at radius 2 is 2.25 bits per heavy atom. The summed E-state index contributed by atoms with van der Waals surface area (Å²) in [5, 5.41) is 1.46. The molecule has 6 nitrogen and oxygen atoms in total. The van der Waals surface area contributed by atoms with Crippen LogP contribution in [0.3, 0.4) is 0 Å². The number of anilines is 2. The number of nitrogen functional groups attached to an aromatic ring is 1. The van der Waals surface area contributed by atoms with Crippen LogP contribution < -0.4 is 10.8 Å². The minimum absolute atomic E-state index is 0.336. The summed E-state index contributed by atoms with van der Waals surface area (Å²) in [6.45, 7) is 0.406. The van der Waals surface area contributed by atoms with Crippen LogP contribution in [0.4, 0.5) is 11.6 Å². The first-order chi connectivity index (χ1) is 5.88. The van der Waals surface area contributed by atoms with E-state index >= 15 is 0 Å². The van der Waals surface area contributed by atoms with Crippen LogP contribution in [0.5, 0.6) is 0 Å². The molecular formula is C6H7N5O. The van der Waals surface area contributed by atoms with Gasteiger partial charge in [-0.2, -0.15) is 5.06 Å². The minimum Gasteiger partial charge on any atom is -0.381 e. The van der Waals surface area contributed by atoms with Crippen molar-refractivity contribution >= 4 is 18.0 Å². The monoisotopic (exact) mass is 165 g/mol. The highest BCUT2D eigenvalue weighted by molar-refractivity contribution is 5.60. The van der Waals surface area contributed by atoms with Crippen LogP contribution >= 0.6 is 0 Å². The molecule has 0 aliphatic carbocycles. The molecule has 1 aromatic heterocycles. The van der Waals surface area contributed by atoms with Crippen LogP contribution in [0.15, 0.2) is 17.4 Å². The van der Waals surface area contributed by atoms with E-state index < -0.39 is 0 Å². The number of aliphatic imine (C=N–C) groups is 1. The summed E-state index contributed by atoms with van der Waals surface area (Å²) >= 11 is 0. The number of nitrogens with two attached hydrogens (primary N) is 1. The van der Waals surface area contributed by atoms with Gasteiger partial charge in [0.2, 0.25) is 12.2 Å². The van der Waals surface area contributed by atoms with Crippen LogP contribution in [0.2, 0.25) is 0 Å². The summed E-state index contributed by atoms with van der Waals surface area (Å²) in [4.78, 5) is 16.7. The number of nitrogens with zero attached hydrogens (tertiary/aromatic N) is 4. The van der Waals surface area contributed by atoms with Gasteiger partial charge in [-0.3, -0.25) is 0 Å². The third-order valence-corrected chi connectivity index (χ3v) is 1.40. The normalized spacial score (nSPS) is 14.8. The molecule has 0 saturated carbocycles. The first kappa shape index (κ1) is 6.84. The Hall–Kier alpha value is -1.85. The van der Waals surface area contributed by atoms with E-state index in [1.807, 2.05) is 0 Å². The van der Waals surface area contributed by atoms with E-state index in [0.29, 0.717) is 18.3 Å². The number of hydrogen-bond acceptors (Lipinski definition) is 6. The predicted molar refractivity (Wildman–Crippen MR) is 43.4 cm³/mol. The lowest BCUT2D eigenvalue weighted by Crippen LogP contribution is -2.20. The first-order valence-electron chi connectivity index (χ1n) is 3.37. The van der Waals surface area contributed by atoms with E-state index in [0.717, 1.165) is 0 Å². The zero-order chi connectivity index (χ0) is 8.39. The maximum atomic E-state index is 5.55. The van der Waals surface area contributed by atoms with Crippen molar-refractivity contribution in [3.63, 3.8) is 0 Å².